The molecule has 3 heteroatoms. The lowest BCUT2D eigenvalue weighted by molar-refractivity contribution is 0.378. The van der Waals surface area contributed by atoms with Crippen molar-refractivity contribution >= 4 is 21.6 Å². The molecule has 100 valence electrons. The molecule has 0 aliphatic carbocycles. The summed E-state index contributed by atoms with van der Waals surface area (Å²) in [6.07, 6.45) is 5.36. The highest BCUT2D eigenvalue weighted by Crippen LogP contribution is 2.29. The number of rotatable bonds is 4. The fourth-order valence-corrected chi connectivity index (χ4v) is 3.31. The van der Waals surface area contributed by atoms with Crippen LogP contribution in [-0.2, 0) is 6.54 Å². The van der Waals surface area contributed by atoms with Crippen molar-refractivity contribution in [1.82, 2.24) is 0 Å². The number of halogens is 1. The molecular formula is C15H23BrN2. The Bertz CT molecular complexity index is 384. The molecule has 1 aromatic carbocycles. The molecule has 1 aliphatic heterocycles. The number of nitrogens with zero attached hydrogens (tertiary/aromatic N) is 1. The Balaban J connectivity index is 2.05. The first-order valence-electron chi connectivity index (χ1n) is 6.98. The van der Waals surface area contributed by atoms with Gasteiger partial charge in [-0.1, -0.05) is 35.7 Å². The molecule has 1 fully saturated rings. The largest absolute Gasteiger partial charge is 0.371 e. The molecule has 1 heterocycles. The van der Waals surface area contributed by atoms with Crippen molar-refractivity contribution in [2.45, 2.75) is 39.2 Å². The van der Waals surface area contributed by atoms with Crippen LogP contribution in [0.25, 0.3) is 0 Å². The van der Waals surface area contributed by atoms with Crippen molar-refractivity contribution in [2.75, 3.05) is 18.0 Å². The van der Waals surface area contributed by atoms with E-state index in [0.29, 0.717) is 6.54 Å². The molecule has 1 saturated heterocycles. The van der Waals surface area contributed by atoms with Gasteiger partial charge in [-0.15, -0.1) is 0 Å². The first-order chi connectivity index (χ1) is 8.74. The third-order valence-electron chi connectivity index (χ3n) is 3.91. The topological polar surface area (TPSA) is 29.3 Å². The van der Waals surface area contributed by atoms with E-state index < -0.39 is 0 Å². The minimum Gasteiger partial charge on any atom is -0.371 e. The predicted molar refractivity (Wildman–Crippen MR) is 81.9 cm³/mol. The normalized spacial score (nSPS) is 17.2. The van der Waals surface area contributed by atoms with Gasteiger partial charge >= 0.3 is 0 Å². The minimum absolute atomic E-state index is 0.615. The van der Waals surface area contributed by atoms with E-state index in [1.54, 1.807) is 0 Å². The predicted octanol–water partition coefficient (Wildman–Crippen LogP) is 3.92. The highest BCUT2D eigenvalue weighted by molar-refractivity contribution is 9.10. The van der Waals surface area contributed by atoms with E-state index in [4.69, 9.17) is 5.73 Å². The van der Waals surface area contributed by atoms with E-state index >= 15 is 0 Å². The number of hydrogen-bond acceptors (Lipinski definition) is 2. The van der Waals surface area contributed by atoms with Crippen LogP contribution < -0.4 is 10.6 Å². The molecule has 0 unspecified atom stereocenters. The van der Waals surface area contributed by atoms with Crippen LogP contribution in [0.1, 0.15) is 38.2 Å². The van der Waals surface area contributed by atoms with E-state index in [1.807, 2.05) is 0 Å². The van der Waals surface area contributed by atoms with Gasteiger partial charge in [0.2, 0.25) is 0 Å². The van der Waals surface area contributed by atoms with Crippen LogP contribution in [0.15, 0.2) is 22.7 Å². The van der Waals surface area contributed by atoms with E-state index in [1.165, 1.54) is 50.0 Å². The lowest BCUT2D eigenvalue weighted by Gasteiger charge is -2.34. The highest BCUT2D eigenvalue weighted by atomic mass is 79.9. The summed E-state index contributed by atoms with van der Waals surface area (Å²) in [5.74, 6) is 0.933. The van der Waals surface area contributed by atoms with Gasteiger partial charge in [0.05, 0.1) is 0 Å². The summed E-state index contributed by atoms with van der Waals surface area (Å²) in [7, 11) is 0. The van der Waals surface area contributed by atoms with Crippen molar-refractivity contribution in [3.8, 4) is 0 Å². The van der Waals surface area contributed by atoms with Crippen molar-refractivity contribution < 1.29 is 0 Å². The maximum absolute atomic E-state index is 5.85. The summed E-state index contributed by atoms with van der Waals surface area (Å²) in [6, 6.07) is 6.46. The second-order valence-corrected chi connectivity index (χ2v) is 6.11. The molecule has 0 bridgehead atoms. The zero-order valence-corrected chi connectivity index (χ0v) is 12.7. The molecule has 0 amide bonds. The third kappa shape index (κ3) is 3.27. The lowest BCUT2D eigenvalue weighted by Crippen LogP contribution is -2.34. The van der Waals surface area contributed by atoms with Crippen LogP contribution in [0.5, 0.6) is 0 Å². The molecule has 2 N–H and O–H groups in total. The summed E-state index contributed by atoms with van der Waals surface area (Å²) >= 11 is 3.52. The summed E-state index contributed by atoms with van der Waals surface area (Å²) in [6.45, 7) is 5.26. The second-order valence-electron chi connectivity index (χ2n) is 5.20. The molecule has 0 aromatic heterocycles. The molecule has 2 rings (SSSR count). The van der Waals surface area contributed by atoms with Crippen LogP contribution in [-0.4, -0.2) is 13.1 Å². The Hall–Kier alpha value is -0.540. The van der Waals surface area contributed by atoms with Gasteiger partial charge < -0.3 is 10.6 Å². The van der Waals surface area contributed by atoms with Crippen LogP contribution in [0, 0.1) is 5.92 Å². The van der Waals surface area contributed by atoms with E-state index in [2.05, 4.69) is 46.0 Å². The van der Waals surface area contributed by atoms with Gasteiger partial charge in [-0.3, -0.25) is 0 Å². The summed E-state index contributed by atoms with van der Waals surface area (Å²) in [5, 5.41) is 0. The SMILES string of the molecule is CCCC1CCN(c2ccc(Br)cc2CN)CC1. The molecule has 0 saturated carbocycles. The van der Waals surface area contributed by atoms with Crippen LogP contribution in [0.3, 0.4) is 0 Å². The summed E-state index contributed by atoms with van der Waals surface area (Å²) < 4.78 is 1.12. The first kappa shape index (κ1) is 13.9. The Morgan fingerprint density at radius 2 is 2.06 bits per heavy atom. The first-order valence-corrected chi connectivity index (χ1v) is 7.77. The van der Waals surface area contributed by atoms with E-state index in [-0.39, 0.29) is 0 Å². The van der Waals surface area contributed by atoms with Gasteiger partial charge in [0, 0.05) is 29.8 Å². The number of piperidine rings is 1. The molecule has 1 aliphatic rings. The molecule has 1 aromatic rings. The van der Waals surface area contributed by atoms with Crippen molar-refractivity contribution in [1.29, 1.82) is 0 Å². The third-order valence-corrected chi connectivity index (χ3v) is 4.41. The maximum atomic E-state index is 5.85. The van der Waals surface area contributed by atoms with Crippen LogP contribution >= 0.6 is 15.9 Å². The molecule has 0 atom stereocenters. The van der Waals surface area contributed by atoms with Crippen molar-refractivity contribution in [3.05, 3.63) is 28.2 Å². The van der Waals surface area contributed by atoms with Crippen molar-refractivity contribution in [2.24, 2.45) is 11.7 Å². The molecule has 0 radical (unpaired) electrons. The van der Waals surface area contributed by atoms with Gasteiger partial charge in [0.1, 0.15) is 0 Å². The quantitative estimate of drug-likeness (QED) is 0.913. The molecule has 2 nitrogen and oxygen atoms in total. The zero-order chi connectivity index (χ0) is 13.0. The van der Waals surface area contributed by atoms with Gasteiger partial charge in [-0.2, -0.15) is 0 Å². The zero-order valence-electron chi connectivity index (χ0n) is 11.2. The Labute approximate surface area is 119 Å². The fourth-order valence-electron chi connectivity index (χ4n) is 2.90. The van der Waals surface area contributed by atoms with Gasteiger partial charge in [0.15, 0.2) is 0 Å². The molecular weight excluding hydrogens is 288 g/mol. The lowest BCUT2D eigenvalue weighted by atomic mass is 9.92. The van der Waals surface area contributed by atoms with Gasteiger partial charge in [-0.25, -0.2) is 0 Å². The standard InChI is InChI=1S/C15H23BrN2/c1-2-3-12-6-8-18(9-7-12)15-5-4-14(16)10-13(15)11-17/h4-5,10,12H,2-3,6-9,11,17H2,1H3. The van der Waals surface area contributed by atoms with Crippen LogP contribution in [0.4, 0.5) is 5.69 Å². The second kappa shape index (κ2) is 6.58. The fraction of sp³-hybridized carbons (Fsp3) is 0.600. The average Bonchev–Trinajstić information content (AvgIpc) is 2.40. The average molecular weight is 311 g/mol. The number of nitrogens with two attached hydrogens (primary N) is 1. The molecule has 18 heavy (non-hydrogen) atoms. The summed E-state index contributed by atoms with van der Waals surface area (Å²) in [4.78, 5) is 2.50. The van der Waals surface area contributed by atoms with Crippen molar-refractivity contribution in [3.63, 3.8) is 0 Å². The van der Waals surface area contributed by atoms with Crippen LogP contribution in [0.2, 0.25) is 0 Å². The Kier molecular flexibility index (Phi) is 5.07. The molecule has 0 spiro atoms. The number of anilines is 1. The van der Waals surface area contributed by atoms with E-state index in [0.717, 1.165) is 10.4 Å². The van der Waals surface area contributed by atoms with Gasteiger partial charge in [-0.05, 0) is 42.5 Å². The van der Waals surface area contributed by atoms with E-state index in [9.17, 15) is 0 Å². The van der Waals surface area contributed by atoms with Gasteiger partial charge in [0.25, 0.3) is 0 Å². The summed E-state index contributed by atoms with van der Waals surface area (Å²) in [5.41, 5.74) is 8.43. The minimum atomic E-state index is 0.615. The smallest absolute Gasteiger partial charge is 0.0412 e. The Morgan fingerprint density at radius 1 is 1.33 bits per heavy atom. The Morgan fingerprint density at radius 3 is 2.67 bits per heavy atom. The highest BCUT2D eigenvalue weighted by Gasteiger charge is 2.20. The monoisotopic (exact) mass is 310 g/mol. The maximum Gasteiger partial charge on any atom is 0.0412 e. The number of benzene rings is 1. The number of hydrogen-bond donors (Lipinski definition) is 1.